The van der Waals surface area contributed by atoms with Crippen LogP contribution in [0.5, 0.6) is 5.75 Å². The minimum Gasteiger partial charge on any atom is -0.507 e. The van der Waals surface area contributed by atoms with Crippen molar-refractivity contribution in [3.05, 3.63) is 58.7 Å². The molecule has 53 heavy (non-hydrogen) atoms. The van der Waals surface area contributed by atoms with E-state index in [0.717, 1.165) is 5.56 Å². The maximum Gasteiger partial charge on any atom is 0.336 e. The van der Waals surface area contributed by atoms with E-state index in [1.165, 1.54) is 19.1 Å². The standard InChI is InChI=1S/C37H51N5O11/c1-21-5-7-26(8-6-21)40-35(51)41-11-9-36(19-41)20-52-14-13-42(36)12-10-37(34(49)50)17-27(44)29(39-24(4)43)32(53-37)31(47)28(45)18-38-33(48)25-15-22(2)30(46)23(3)16-25/h5-8,15-16,27-29,31-32,44-47H,9-14,17-20H2,1-4H3,(H,38,48)(H,39,43)(H,40,51)(H,49,50)/t27-,28+,29+,31+,32+,36-,37+/m0/s1. The smallest absolute Gasteiger partial charge is 0.336 e. The van der Waals surface area contributed by atoms with Crippen LogP contribution < -0.4 is 16.0 Å². The number of morpholine rings is 1. The largest absolute Gasteiger partial charge is 0.507 e. The Morgan fingerprint density at radius 3 is 2.36 bits per heavy atom. The number of amides is 4. The maximum atomic E-state index is 13.2. The fourth-order valence-electron chi connectivity index (χ4n) is 7.57. The van der Waals surface area contributed by atoms with Crippen LogP contribution in [-0.2, 0) is 19.1 Å². The minimum atomic E-state index is -2.04. The summed E-state index contributed by atoms with van der Waals surface area (Å²) in [6, 6.07) is 8.86. The van der Waals surface area contributed by atoms with E-state index in [0.29, 0.717) is 56.1 Å². The van der Waals surface area contributed by atoms with Gasteiger partial charge in [-0.1, -0.05) is 17.7 Å². The molecule has 7 atom stereocenters. The Hall–Kier alpha value is -4.32. The van der Waals surface area contributed by atoms with E-state index in [4.69, 9.17) is 9.47 Å². The van der Waals surface area contributed by atoms with E-state index in [1.807, 2.05) is 31.2 Å². The molecule has 16 nitrogen and oxygen atoms in total. The lowest BCUT2D eigenvalue weighted by Gasteiger charge is -2.49. The molecule has 2 aromatic rings. The zero-order valence-corrected chi connectivity index (χ0v) is 30.5. The van der Waals surface area contributed by atoms with Crippen LogP contribution in [0.1, 0.15) is 53.2 Å². The predicted octanol–water partition coefficient (Wildman–Crippen LogP) is 0.646. The molecule has 3 fully saturated rings. The third kappa shape index (κ3) is 8.91. The fraction of sp³-hybridized carbons (Fsp3) is 0.568. The summed E-state index contributed by atoms with van der Waals surface area (Å²) in [7, 11) is 0. The maximum absolute atomic E-state index is 13.2. The molecule has 3 aliphatic heterocycles. The molecular weight excluding hydrogens is 690 g/mol. The zero-order chi connectivity index (χ0) is 38.7. The number of aromatic hydroxyl groups is 1. The van der Waals surface area contributed by atoms with Crippen LogP contribution in [0.3, 0.4) is 0 Å². The van der Waals surface area contributed by atoms with Crippen molar-refractivity contribution in [3.63, 3.8) is 0 Å². The van der Waals surface area contributed by atoms with Crippen LogP contribution in [0.4, 0.5) is 10.5 Å². The van der Waals surface area contributed by atoms with Gasteiger partial charge in [-0.15, -0.1) is 0 Å². The number of carboxylic acids is 1. The van der Waals surface area contributed by atoms with Crippen molar-refractivity contribution >= 4 is 29.5 Å². The highest BCUT2D eigenvalue weighted by Crippen LogP contribution is 2.38. The number of hydrogen-bond donors (Lipinski definition) is 8. The molecule has 0 aromatic heterocycles. The van der Waals surface area contributed by atoms with E-state index < -0.39 is 72.3 Å². The second-order valence-electron chi connectivity index (χ2n) is 14.6. The number of nitrogens with one attached hydrogen (secondary N) is 3. The van der Waals surface area contributed by atoms with E-state index in [1.54, 1.807) is 18.7 Å². The first-order chi connectivity index (χ1) is 25.0. The molecule has 4 amide bonds. The normalized spacial score (nSPS) is 27.2. The summed E-state index contributed by atoms with van der Waals surface area (Å²) in [5, 5.41) is 62.3. The molecule has 5 rings (SSSR count). The molecule has 1 spiro atoms. The summed E-state index contributed by atoms with van der Waals surface area (Å²) in [6.45, 7) is 8.04. The fourth-order valence-corrected chi connectivity index (χ4v) is 7.57. The number of phenolic OH excluding ortho intramolecular Hbond substituents is 1. The number of urea groups is 1. The van der Waals surface area contributed by atoms with Gasteiger partial charge in [-0.3, -0.25) is 14.5 Å². The van der Waals surface area contributed by atoms with Gasteiger partial charge in [0, 0.05) is 63.7 Å². The van der Waals surface area contributed by atoms with Crippen molar-refractivity contribution in [1.29, 1.82) is 0 Å². The minimum absolute atomic E-state index is 0.0474. The van der Waals surface area contributed by atoms with Gasteiger partial charge in [-0.25, -0.2) is 9.59 Å². The molecule has 8 N–H and O–H groups in total. The highest BCUT2D eigenvalue weighted by Gasteiger charge is 2.55. The first-order valence-corrected chi connectivity index (χ1v) is 17.8. The zero-order valence-electron chi connectivity index (χ0n) is 30.5. The van der Waals surface area contributed by atoms with Gasteiger partial charge in [0.05, 0.1) is 37.0 Å². The number of aliphatic hydroxyl groups excluding tert-OH is 3. The molecule has 0 unspecified atom stereocenters. The monoisotopic (exact) mass is 741 g/mol. The van der Waals surface area contributed by atoms with Crippen LogP contribution in [0, 0.1) is 20.8 Å². The number of phenols is 1. The predicted molar refractivity (Wildman–Crippen MR) is 192 cm³/mol. The van der Waals surface area contributed by atoms with Crippen molar-refractivity contribution in [2.24, 2.45) is 0 Å². The highest BCUT2D eigenvalue weighted by atomic mass is 16.6. The molecule has 3 heterocycles. The van der Waals surface area contributed by atoms with Crippen LogP contribution in [0.2, 0.25) is 0 Å². The Morgan fingerprint density at radius 1 is 1.04 bits per heavy atom. The second-order valence-corrected chi connectivity index (χ2v) is 14.6. The highest BCUT2D eigenvalue weighted by molar-refractivity contribution is 5.95. The number of aryl methyl sites for hydroxylation is 3. The first-order valence-electron chi connectivity index (χ1n) is 17.8. The Morgan fingerprint density at radius 2 is 1.72 bits per heavy atom. The quantitative estimate of drug-likeness (QED) is 0.159. The number of ether oxygens (including phenoxy) is 2. The van der Waals surface area contributed by atoms with Crippen LogP contribution >= 0.6 is 0 Å². The van der Waals surface area contributed by atoms with Crippen molar-refractivity contribution in [2.45, 2.75) is 88.6 Å². The molecule has 2 aromatic carbocycles. The molecule has 0 saturated carbocycles. The van der Waals surface area contributed by atoms with Gasteiger partial charge in [0.1, 0.15) is 18.0 Å². The molecule has 0 bridgehead atoms. The Balaban J connectivity index is 1.29. The average Bonchev–Trinajstić information content (AvgIpc) is 3.54. The van der Waals surface area contributed by atoms with Gasteiger partial charge < -0.3 is 55.9 Å². The van der Waals surface area contributed by atoms with Gasteiger partial charge in [-0.2, -0.15) is 0 Å². The summed E-state index contributed by atoms with van der Waals surface area (Å²) < 4.78 is 12.0. The molecular formula is C37H51N5O11. The van der Waals surface area contributed by atoms with Crippen LogP contribution in [-0.4, -0.2) is 147 Å². The number of hydrogen-bond acceptors (Lipinski definition) is 11. The summed E-state index contributed by atoms with van der Waals surface area (Å²) >= 11 is 0. The van der Waals surface area contributed by atoms with Gasteiger partial charge in [0.2, 0.25) is 5.91 Å². The van der Waals surface area contributed by atoms with Crippen LogP contribution in [0.15, 0.2) is 36.4 Å². The molecule has 3 saturated heterocycles. The van der Waals surface area contributed by atoms with Crippen molar-refractivity contribution in [1.82, 2.24) is 20.4 Å². The molecule has 16 heteroatoms. The van der Waals surface area contributed by atoms with Gasteiger partial charge in [-0.05, 0) is 62.6 Å². The molecule has 3 aliphatic rings. The average molecular weight is 742 g/mol. The lowest BCUT2D eigenvalue weighted by molar-refractivity contribution is -0.231. The number of aliphatic carboxylic acids is 1. The van der Waals surface area contributed by atoms with Crippen molar-refractivity contribution < 1.29 is 54.2 Å². The van der Waals surface area contributed by atoms with Crippen molar-refractivity contribution in [2.75, 3.05) is 51.3 Å². The molecule has 0 radical (unpaired) electrons. The number of aliphatic hydroxyl groups is 3. The lowest BCUT2D eigenvalue weighted by atomic mass is 9.81. The summed E-state index contributed by atoms with van der Waals surface area (Å²) in [6.07, 6.45) is -6.62. The van der Waals surface area contributed by atoms with Gasteiger partial charge in [0.25, 0.3) is 5.91 Å². The third-order valence-corrected chi connectivity index (χ3v) is 10.6. The number of likely N-dealkylation sites (tertiary alicyclic amines) is 1. The molecule has 0 aliphatic carbocycles. The lowest BCUT2D eigenvalue weighted by Crippen LogP contribution is -2.68. The number of carbonyl (C=O) groups excluding carboxylic acids is 3. The van der Waals surface area contributed by atoms with E-state index >= 15 is 0 Å². The Bertz CT molecular complexity index is 1650. The number of anilines is 1. The number of carbonyl (C=O) groups is 4. The van der Waals surface area contributed by atoms with Gasteiger partial charge in [0.15, 0.2) is 5.60 Å². The summed E-state index contributed by atoms with van der Waals surface area (Å²) in [5.41, 5.74) is 0.249. The SMILES string of the molecule is CC(=O)N[C@H]1[C@H]([C@H](O)[C@H](O)CNC(=O)c2cc(C)c(O)c(C)c2)O[C@@](CCN2CCOC[C@@]23CCN(C(=O)Nc2ccc(C)cc2)C3)(C(=O)O)C[C@@H]1O. The molecule has 290 valence electrons. The van der Waals surface area contributed by atoms with E-state index in [2.05, 4.69) is 20.9 Å². The number of benzene rings is 2. The van der Waals surface area contributed by atoms with Crippen molar-refractivity contribution in [3.8, 4) is 5.75 Å². The van der Waals surface area contributed by atoms with E-state index in [9.17, 15) is 44.7 Å². The number of rotatable bonds is 11. The summed E-state index contributed by atoms with van der Waals surface area (Å²) in [5.74, 6) is -2.52. The van der Waals surface area contributed by atoms with E-state index in [-0.39, 0.29) is 30.3 Å². The Kier molecular flexibility index (Phi) is 12.3. The number of carboxylic acid groups (broad SMARTS) is 1. The second kappa shape index (κ2) is 16.4. The van der Waals surface area contributed by atoms with Gasteiger partial charge >= 0.3 is 12.0 Å². The number of nitrogens with zero attached hydrogens (tertiary/aromatic N) is 2. The third-order valence-electron chi connectivity index (χ3n) is 10.6. The topological polar surface area (TPSA) is 230 Å². The summed E-state index contributed by atoms with van der Waals surface area (Å²) in [4.78, 5) is 55.0. The Labute approximate surface area is 308 Å². The first kappa shape index (κ1) is 39.9. The van der Waals surface area contributed by atoms with Crippen LogP contribution in [0.25, 0.3) is 0 Å².